The zero-order valence-corrected chi connectivity index (χ0v) is 12.3. The fourth-order valence-corrected chi connectivity index (χ4v) is 1.74. The Morgan fingerprint density at radius 2 is 1.81 bits per heavy atom. The number of carbonyl (C=O) groups excluding carboxylic acids is 2. The zero-order valence-electron chi connectivity index (χ0n) is 12.3. The first kappa shape index (κ1) is 17.6. The molecule has 5 nitrogen and oxygen atoms in total. The predicted molar refractivity (Wildman–Crippen MR) is 69.6 cm³/mol. The van der Waals surface area contributed by atoms with E-state index in [1.807, 2.05) is 0 Å². The summed E-state index contributed by atoms with van der Waals surface area (Å²) in [6, 6.07) is -0.571. The minimum absolute atomic E-state index is 0.270. The maximum atomic E-state index is 12.1. The molecule has 122 valence electrons. The fourth-order valence-electron chi connectivity index (χ4n) is 1.74. The van der Waals surface area contributed by atoms with Crippen LogP contribution in [0.4, 0.5) is 18.0 Å². The number of alkyl carbamates (subject to hydrolysis) is 1. The first-order valence-corrected chi connectivity index (χ1v) is 6.82. The first-order chi connectivity index (χ1) is 9.47. The van der Waals surface area contributed by atoms with Gasteiger partial charge in [0.05, 0.1) is 0 Å². The number of amides is 2. The van der Waals surface area contributed by atoms with Crippen LogP contribution in [-0.4, -0.2) is 36.4 Å². The monoisotopic (exact) mass is 310 g/mol. The third kappa shape index (κ3) is 7.77. The molecule has 0 unspecified atom stereocenters. The lowest BCUT2D eigenvalue weighted by atomic mass is 10.1. The van der Waals surface area contributed by atoms with Gasteiger partial charge >= 0.3 is 18.2 Å². The van der Waals surface area contributed by atoms with Gasteiger partial charge in [0.25, 0.3) is 0 Å². The lowest BCUT2D eigenvalue weighted by Gasteiger charge is -2.24. The minimum atomic E-state index is -4.92. The van der Waals surface area contributed by atoms with E-state index in [2.05, 4.69) is 5.32 Å². The van der Waals surface area contributed by atoms with Crippen molar-refractivity contribution >= 4 is 12.0 Å². The molecule has 0 radical (unpaired) electrons. The molecule has 1 aliphatic carbocycles. The van der Waals surface area contributed by atoms with E-state index in [9.17, 15) is 22.8 Å². The van der Waals surface area contributed by atoms with E-state index in [4.69, 9.17) is 4.74 Å². The molecule has 1 rings (SSSR count). The van der Waals surface area contributed by atoms with Crippen LogP contribution >= 0.6 is 0 Å². The average molecular weight is 310 g/mol. The van der Waals surface area contributed by atoms with Gasteiger partial charge in [0.2, 0.25) is 0 Å². The summed E-state index contributed by atoms with van der Waals surface area (Å²) in [5, 5.41) is 4.30. The van der Waals surface area contributed by atoms with E-state index >= 15 is 0 Å². The molecule has 1 aliphatic rings. The van der Waals surface area contributed by atoms with Crippen LogP contribution in [0.2, 0.25) is 0 Å². The molecule has 0 aromatic carbocycles. The van der Waals surface area contributed by atoms with Crippen LogP contribution in [0.15, 0.2) is 0 Å². The molecule has 21 heavy (non-hydrogen) atoms. The molecular formula is C13H21F3N2O3. The van der Waals surface area contributed by atoms with Crippen molar-refractivity contribution in [1.82, 2.24) is 10.6 Å². The lowest BCUT2D eigenvalue weighted by Crippen LogP contribution is -2.48. The second-order valence-electron chi connectivity index (χ2n) is 6.23. The van der Waals surface area contributed by atoms with Gasteiger partial charge in [0, 0.05) is 12.6 Å². The molecule has 8 heteroatoms. The Hall–Kier alpha value is -1.47. The van der Waals surface area contributed by atoms with Crippen molar-refractivity contribution < 1.29 is 27.5 Å². The summed E-state index contributed by atoms with van der Waals surface area (Å²) < 4.78 is 41.5. The van der Waals surface area contributed by atoms with Crippen LogP contribution in [0, 0.1) is 5.92 Å². The highest BCUT2D eigenvalue weighted by molar-refractivity contribution is 5.81. The topological polar surface area (TPSA) is 67.4 Å². The highest BCUT2D eigenvalue weighted by Crippen LogP contribution is 2.33. The third-order valence-electron chi connectivity index (χ3n) is 2.80. The summed E-state index contributed by atoms with van der Waals surface area (Å²) in [5.74, 6) is -1.62. The Bertz CT molecular complexity index is 387. The molecule has 0 saturated heterocycles. The number of carbonyl (C=O) groups is 2. The number of hydrogen-bond donors (Lipinski definition) is 2. The Morgan fingerprint density at radius 1 is 1.24 bits per heavy atom. The normalized spacial score (nSPS) is 17.0. The minimum Gasteiger partial charge on any atom is -0.444 e. The molecule has 2 amide bonds. The molecule has 0 aromatic rings. The van der Waals surface area contributed by atoms with Crippen molar-refractivity contribution in [2.45, 2.75) is 57.9 Å². The molecule has 0 aliphatic heterocycles. The smallest absolute Gasteiger partial charge is 0.444 e. The van der Waals surface area contributed by atoms with Crippen molar-refractivity contribution in [3.63, 3.8) is 0 Å². The fraction of sp³-hybridized carbons (Fsp3) is 0.846. The summed E-state index contributed by atoms with van der Waals surface area (Å²) in [5.41, 5.74) is -0.691. The molecule has 0 bridgehead atoms. The van der Waals surface area contributed by atoms with E-state index < -0.39 is 29.8 Å². The highest BCUT2D eigenvalue weighted by atomic mass is 19.4. The summed E-state index contributed by atoms with van der Waals surface area (Å²) in [7, 11) is 0. The van der Waals surface area contributed by atoms with Crippen molar-refractivity contribution in [3.8, 4) is 0 Å². The van der Waals surface area contributed by atoms with E-state index in [0.717, 1.165) is 12.8 Å². The maximum absolute atomic E-state index is 12.1. The predicted octanol–water partition coefficient (Wildman–Crippen LogP) is 2.36. The van der Waals surface area contributed by atoms with Crippen LogP contribution < -0.4 is 10.6 Å². The lowest BCUT2D eigenvalue weighted by molar-refractivity contribution is -0.173. The number of halogens is 3. The van der Waals surface area contributed by atoms with Gasteiger partial charge in [-0.2, -0.15) is 13.2 Å². The van der Waals surface area contributed by atoms with Gasteiger partial charge in [-0.1, -0.05) is 12.8 Å². The Kier molecular flexibility index (Phi) is 5.47. The maximum Gasteiger partial charge on any atom is 0.471 e. The Balaban J connectivity index is 2.47. The van der Waals surface area contributed by atoms with Gasteiger partial charge in [-0.3, -0.25) is 4.79 Å². The molecule has 1 atom stereocenters. The SMILES string of the molecule is CC(C)(C)OC(=O)N[C@H](CNC(=O)C(F)(F)F)CC1CC1. The van der Waals surface area contributed by atoms with Crippen LogP contribution in [0.3, 0.4) is 0 Å². The molecular weight excluding hydrogens is 289 g/mol. The largest absolute Gasteiger partial charge is 0.471 e. The van der Waals surface area contributed by atoms with Crippen LogP contribution in [0.5, 0.6) is 0 Å². The van der Waals surface area contributed by atoms with Crippen molar-refractivity contribution in [1.29, 1.82) is 0 Å². The van der Waals surface area contributed by atoms with Gasteiger partial charge in [-0.25, -0.2) is 4.79 Å². The average Bonchev–Trinajstić information content (AvgIpc) is 3.05. The molecule has 0 spiro atoms. The number of nitrogens with one attached hydrogen (secondary N) is 2. The highest BCUT2D eigenvalue weighted by Gasteiger charge is 2.39. The van der Waals surface area contributed by atoms with Gasteiger partial charge < -0.3 is 15.4 Å². The molecule has 1 fully saturated rings. The van der Waals surface area contributed by atoms with Crippen molar-refractivity contribution in [2.24, 2.45) is 5.92 Å². The summed E-state index contributed by atoms with van der Waals surface area (Å²) in [4.78, 5) is 22.4. The zero-order chi connectivity index (χ0) is 16.3. The molecule has 1 saturated carbocycles. The van der Waals surface area contributed by atoms with Gasteiger partial charge in [-0.05, 0) is 33.1 Å². The quantitative estimate of drug-likeness (QED) is 0.819. The van der Waals surface area contributed by atoms with Crippen LogP contribution in [0.25, 0.3) is 0 Å². The van der Waals surface area contributed by atoms with E-state index in [1.54, 1.807) is 26.1 Å². The van der Waals surface area contributed by atoms with Crippen molar-refractivity contribution in [3.05, 3.63) is 0 Å². The summed E-state index contributed by atoms with van der Waals surface area (Å²) >= 11 is 0. The van der Waals surface area contributed by atoms with Crippen LogP contribution in [-0.2, 0) is 9.53 Å². The third-order valence-corrected chi connectivity index (χ3v) is 2.80. The van der Waals surface area contributed by atoms with Gasteiger partial charge in [0.1, 0.15) is 5.60 Å². The van der Waals surface area contributed by atoms with Gasteiger partial charge in [0.15, 0.2) is 0 Å². The molecule has 2 N–H and O–H groups in total. The standard InChI is InChI=1S/C13H21F3N2O3/c1-12(2,3)21-11(20)18-9(6-8-4-5-8)7-17-10(19)13(14,15)16/h8-9H,4-7H2,1-3H3,(H,17,19)(H,18,20)/t9-/m0/s1. The number of alkyl halides is 3. The molecule has 0 heterocycles. The van der Waals surface area contributed by atoms with Crippen LogP contribution in [0.1, 0.15) is 40.0 Å². The first-order valence-electron chi connectivity index (χ1n) is 6.82. The Morgan fingerprint density at radius 3 is 2.24 bits per heavy atom. The number of hydrogen-bond acceptors (Lipinski definition) is 3. The summed E-state index contributed by atoms with van der Waals surface area (Å²) in [6.07, 6.45) is -3.12. The summed E-state index contributed by atoms with van der Waals surface area (Å²) in [6.45, 7) is 4.80. The Labute approximate surface area is 121 Å². The van der Waals surface area contributed by atoms with Crippen molar-refractivity contribution in [2.75, 3.05) is 6.54 Å². The van der Waals surface area contributed by atoms with E-state index in [1.165, 1.54) is 0 Å². The number of ether oxygens (including phenoxy) is 1. The van der Waals surface area contributed by atoms with E-state index in [0.29, 0.717) is 12.3 Å². The number of rotatable bonds is 5. The molecule has 0 aromatic heterocycles. The van der Waals surface area contributed by atoms with E-state index in [-0.39, 0.29) is 6.54 Å². The van der Waals surface area contributed by atoms with Gasteiger partial charge in [-0.15, -0.1) is 0 Å². The second-order valence-corrected chi connectivity index (χ2v) is 6.23. The second kappa shape index (κ2) is 6.53.